The van der Waals surface area contributed by atoms with Crippen LogP contribution < -0.4 is 5.32 Å². The SMILES string of the molecule is CCCC(NC(=O)C(C)Sc1n[nH]c(C)n1)c1ccccc1. The molecule has 0 aliphatic rings. The molecule has 0 saturated heterocycles. The fourth-order valence-corrected chi connectivity index (χ4v) is 2.95. The van der Waals surface area contributed by atoms with Crippen LogP contribution in [0.1, 0.15) is 44.1 Å². The Morgan fingerprint density at radius 2 is 2.09 bits per heavy atom. The molecule has 2 unspecified atom stereocenters. The molecule has 2 atom stereocenters. The Balaban J connectivity index is 1.98. The van der Waals surface area contributed by atoms with Gasteiger partial charge < -0.3 is 5.32 Å². The molecule has 6 heteroatoms. The Labute approximate surface area is 135 Å². The molecule has 0 spiro atoms. The molecule has 1 amide bonds. The fraction of sp³-hybridized carbons (Fsp3) is 0.438. The first-order valence-corrected chi connectivity index (χ1v) is 8.39. The molecule has 1 aromatic carbocycles. The number of hydrogen-bond donors (Lipinski definition) is 2. The summed E-state index contributed by atoms with van der Waals surface area (Å²) >= 11 is 1.36. The average Bonchev–Trinajstić information content (AvgIpc) is 2.92. The quantitative estimate of drug-likeness (QED) is 0.769. The van der Waals surface area contributed by atoms with Crippen molar-refractivity contribution in [1.82, 2.24) is 20.5 Å². The molecule has 1 aromatic heterocycles. The van der Waals surface area contributed by atoms with Gasteiger partial charge >= 0.3 is 0 Å². The van der Waals surface area contributed by atoms with Gasteiger partial charge in [0.2, 0.25) is 11.1 Å². The van der Waals surface area contributed by atoms with Crippen LogP contribution in [0.25, 0.3) is 0 Å². The van der Waals surface area contributed by atoms with Crippen LogP contribution in [0.3, 0.4) is 0 Å². The van der Waals surface area contributed by atoms with Crippen LogP contribution >= 0.6 is 11.8 Å². The van der Waals surface area contributed by atoms with Crippen molar-refractivity contribution in [3.63, 3.8) is 0 Å². The Morgan fingerprint density at radius 3 is 2.68 bits per heavy atom. The minimum atomic E-state index is -0.238. The molecule has 2 N–H and O–H groups in total. The molecule has 0 aliphatic heterocycles. The first kappa shape index (κ1) is 16.5. The van der Waals surface area contributed by atoms with Crippen molar-refractivity contribution in [2.45, 2.75) is 50.1 Å². The second kappa shape index (κ2) is 7.98. The van der Waals surface area contributed by atoms with Gasteiger partial charge in [-0.3, -0.25) is 9.89 Å². The first-order chi connectivity index (χ1) is 10.6. The predicted octanol–water partition coefficient (Wildman–Crippen LogP) is 3.25. The maximum atomic E-state index is 12.4. The largest absolute Gasteiger partial charge is 0.348 e. The molecule has 118 valence electrons. The van der Waals surface area contributed by atoms with Crippen molar-refractivity contribution in [3.05, 3.63) is 41.7 Å². The minimum Gasteiger partial charge on any atom is -0.348 e. The van der Waals surface area contributed by atoms with E-state index in [2.05, 4.69) is 39.6 Å². The standard InChI is InChI=1S/C16H22N4OS/c1-4-8-14(13-9-6-5-7-10-13)18-15(21)11(2)22-16-17-12(3)19-20-16/h5-7,9-11,14H,4,8H2,1-3H3,(H,18,21)(H,17,19,20). The second-order valence-electron chi connectivity index (χ2n) is 5.22. The molecule has 5 nitrogen and oxygen atoms in total. The number of amides is 1. The van der Waals surface area contributed by atoms with Gasteiger partial charge in [-0.1, -0.05) is 55.4 Å². The zero-order chi connectivity index (χ0) is 15.9. The van der Waals surface area contributed by atoms with E-state index in [4.69, 9.17) is 0 Å². The van der Waals surface area contributed by atoms with Crippen LogP contribution in [0.5, 0.6) is 0 Å². The van der Waals surface area contributed by atoms with Crippen LogP contribution in [0.15, 0.2) is 35.5 Å². The molecule has 0 aliphatic carbocycles. The summed E-state index contributed by atoms with van der Waals surface area (Å²) in [4.78, 5) is 16.6. The third-order valence-electron chi connectivity index (χ3n) is 3.32. The van der Waals surface area contributed by atoms with E-state index in [9.17, 15) is 4.79 Å². The molecule has 0 bridgehead atoms. The number of aromatic nitrogens is 3. The number of carbonyl (C=O) groups is 1. The van der Waals surface area contributed by atoms with Gasteiger partial charge in [-0.15, -0.1) is 5.10 Å². The third kappa shape index (κ3) is 4.59. The van der Waals surface area contributed by atoms with E-state index < -0.39 is 0 Å². The summed E-state index contributed by atoms with van der Waals surface area (Å²) in [5, 5.41) is 10.3. The number of benzene rings is 1. The van der Waals surface area contributed by atoms with Crippen molar-refractivity contribution in [3.8, 4) is 0 Å². The van der Waals surface area contributed by atoms with Crippen molar-refractivity contribution in [2.75, 3.05) is 0 Å². The van der Waals surface area contributed by atoms with Crippen molar-refractivity contribution in [2.24, 2.45) is 0 Å². The zero-order valence-corrected chi connectivity index (χ0v) is 14.0. The van der Waals surface area contributed by atoms with E-state index in [1.165, 1.54) is 11.8 Å². The molecule has 0 saturated carbocycles. The highest BCUT2D eigenvalue weighted by molar-refractivity contribution is 8.00. The van der Waals surface area contributed by atoms with Crippen LogP contribution in [0.4, 0.5) is 0 Å². The van der Waals surface area contributed by atoms with Crippen LogP contribution in [-0.2, 0) is 4.79 Å². The monoisotopic (exact) mass is 318 g/mol. The number of nitrogens with one attached hydrogen (secondary N) is 2. The van der Waals surface area contributed by atoms with E-state index in [0.29, 0.717) is 5.16 Å². The Morgan fingerprint density at radius 1 is 1.36 bits per heavy atom. The number of aromatic amines is 1. The van der Waals surface area contributed by atoms with Gasteiger partial charge in [0.25, 0.3) is 0 Å². The van der Waals surface area contributed by atoms with E-state index in [1.807, 2.05) is 32.0 Å². The Hall–Kier alpha value is -1.82. The summed E-state index contributed by atoms with van der Waals surface area (Å²) < 4.78 is 0. The van der Waals surface area contributed by atoms with Gasteiger partial charge in [-0.2, -0.15) is 0 Å². The number of nitrogens with zero attached hydrogens (tertiary/aromatic N) is 2. The molecule has 2 aromatic rings. The normalized spacial score (nSPS) is 13.6. The fourth-order valence-electron chi connectivity index (χ4n) is 2.17. The van der Waals surface area contributed by atoms with Crippen molar-refractivity contribution >= 4 is 17.7 Å². The smallest absolute Gasteiger partial charge is 0.233 e. The van der Waals surface area contributed by atoms with Gasteiger partial charge in [0.05, 0.1) is 11.3 Å². The predicted molar refractivity (Wildman–Crippen MR) is 88.7 cm³/mol. The number of H-pyrrole nitrogens is 1. The first-order valence-electron chi connectivity index (χ1n) is 7.51. The third-order valence-corrected chi connectivity index (χ3v) is 4.28. The number of aryl methyl sites for hydroxylation is 1. The highest BCUT2D eigenvalue weighted by atomic mass is 32.2. The highest BCUT2D eigenvalue weighted by Crippen LogP contribution is 2.22. The van der Waals surface area contributed by atoms with Crippen LogP contribution in [0.2, 0.25) is 0 Å². The topological polar surface area (TPSA) is 70.7 Å². The average molecular weight is 318 g/mol. The lowest BCUT2D eigenvalue weighted by Crippen LogP contribution is -2.34. The minimum absolute atomic E-state index is 0.00903. The zero-order valence-electron chi connectivity index (χ0n) is 13.2. The summed E-state index contributed by atoms with van der Waals surface area (Å²) in [5.41, 5.74) is 1.14. The molecular weight excluding hydrogens is 296 g/mol. The van der Waals surface area contributed by atoms with Gasteiger partial charge in [0.15, 0.2) is 0 Å². The Kier molecular flexibility index (Phi) is 6.00. The van der Waals surface area contributed by atoms with Crippen molar-refractivity contribution < 1.29 is 4.79 Å². The summed E-state index contributed by atoms with van der Waals surface area (Å²) in [5.74, 6) is 0.762. The maximum absolute atomic E-state index is 12.4. The lowest BCUT2D eigenvalue weighted by molar-refractivity contribution is -0.121. The number of hydrogen-bond acceptors (Lipinski definition) is 4. The van der Waals surface area contributed by atoms with Crippen LogP contribution in [-0.4, -0.2) is 26.3 Å². The molecule has 0 fully saturated rings. The molecule has 22 heavy (non-hydrogen) atoms. The second-order valence-corrected chi connectivity index (χ2v) is 6.53. The van der Waals surface area contributed by atoms with Gasteiger partial charge in [-0.25, -0.2) is 4.98 Å². The van der Waals surface area contributed by atoms with Gasteiger partial charge in [-0.05, 0) is 25.8 Å². The molecule has 1 heterocycles. The number of carbonyl (C=O) groups excluding carboxylic acids is 1. The van der Waals surface area contributed by atoms with Gasteiger partial charge in [0.1, 0.15) is 5.82 Å². The highest BCUT2D eigenvalue weighted by Gasteiger charge is 2.20. The number of thioether (sulfide) groups is 1. The summed E-state index contributed by atoms with van der Waals surface area (Å²) in [6, 6.07) is 10.1. The van der Waals surface area contributed by atoms with Crippen molar-refractivity contribution in [1.29, 1.82) is 0 Å². The maximum Gasteiger partial charge on any atom is 0.233 e. The van der Waals surface area contributed by atoms with E-state index in [1.54, 1.807) is 0 Å². The lowest BCUT2D eigenvalue weighted by atomic mass is 10.0. The number of rotatable bonds is 7. The molecule has 2 rings (SSSR count). The van der Waals surface area contributed by atoms with E-state index in [0.717, 1.165) is 24.2 Å². The van der Waals surface area contributed by atoms with E-state index >= 15 is 0 Å². The van der Waals surface area contributed by atoms with Gasteiger partial charge in [0, 0.05) is 0 Å². The molecule has 0 radical (unpaired) electrons. The summed E-state index contributed by atoms with van der Waals surface area (Å²) in [7, 11) is 0. The van der Waals surface area contributed by atoms with Crippen LogP contribution in [0, 0.1) is 6.92 Å². The molecular formula is C16H22N4OS. The summed E-state index contributed by atoms with van der Waals surface area (Å²) in [6.45, 7) is 5.84. The Bertz CT molecular complexity index is 599. The lowest BCUT2D eigenvalue weighted by Gasteiger charge is -2.20. The summed E-state index contributed by atoms with van der Waals surface area (Å²) in [6.07, 6.45) is 1.94. The van der Waals surface area contributed by atoms with E-state index in [-0.39, 0.29) is 17.2 Å².